The maximum Gasteiger partial charge on any atom is 0.0993 e. The van der Waals surface area contributed by atoms with Crippen molar-refractivity contribution in [3.05, 3.63) is 59.3 Å². The zero-order valence-corrected chi connectivity index (χ0v) is 11.4. The van der Waals surface area contributed by atoms with Gasteiger partial charge in [0.25, 0.3) is 0 Å². The molecule has 0 amide bonds. The molecule has 3 nitrogen and oxygen atoms in total. The minimum absolute atomic E-state index is 0.519. The van der Waals surface area contributed by atoms with Crippen molar-refractivity contribution in [2.24, 2.45) is 0 Å². The summed E-state index contributed by atoms with van der Waals surface area (Å²) in [6.07, 6.45) is 1.08. The molecule has 0 aliphatic carbocycles. The van der Waals surface area contributed by atoms with Crippen molar-refractivity contribution in [1.29, 1.82) is 5.26 Å². The number of hydrogen-bond donors (Lipinski definition) is 1. The van der Waals surface area contributed by atoms with E-state index in [2.05, 4.69) is 11.1 Å². The third-order valence-corrected chi connectivity index (χ3v) is 3.72. The number of aliphatic hydroxyl groups excluding tert-OH is 1. The van der Waals surface area contributed by atoms with Crippen molar-refractivity contribution in [3.63, 3.8) is 0 Å². The lowest BCUT2D eigenvalue weighted by atomic mass is 10.1. The lowest BCUT2D eigenvalue weighted by molar-refractivity contribution is 0.204. The monoisotopic (exact) mass is 270 g/mol. The number of aryl methyl sites for hydroxylation is 1. The Hall–Kier alpha value is -1.83. The number of hydrogen-bond acceptors (Lipinski definition) is 4. The van der Waals surface area contributed by atoms with Crippen molar-refractivity contribution >= 4 is 11.8 Å². The minimum Gasteiger partial charge on any atom is -0.388 e. The van der Waals surface area contributed by atoms with Crippen molar-refractivity contribution < 1.29 is 5.11 Å². The van der Waals surface area contributed by atoms with Gasteiger partial charge in [-0.3, -0.25) is 0 Å². The second-order valence-electron chi connectivity index (χ2n) is 4.23. The predicted molar refractivity (Wildman–Crippen MR) is 75.8 cm³/mol. The maximum atomic E-state index is 10.1. The third kappa shape index (κ3) is 3.82. The number of nitriles is 1. The summed E-state index contributed by atoms with van der Waals surface area (Å²) in [5, 5.41) is 19.6. The molecule has 0 bridgehead atoms. The van der Waals surface area contributed by atoms with Crippen LogP contribution in [0.4, 0.5) is 0 Å². The Morgan fingerprint density at radius 1 is 1.32 bits per heavy atom. The van der Waals surface area contributed by atoms with Gasteiger partial charge >= 0.3 is 0 Å². The van der Waals surface area contributed by atoms with Crippen molar-refractivity contribution in [3.8, 4) is 6.07 Å². The fourth-order valence-electron chi connectivity index (χ4n) is 1.61. The quantitative estimate of drug-likeness (QED) is 0.867. The van der Waals surface area contributed by atoms with Crippen LogP contribution in [0.25, 0.3) is 0 Å². The third-order valence-electron chi connectivity index (χ3n) is 2.72. The molecule has 0 aliphatic rings. The van der Waals surface area contributed by atoms with E-state index in [1.165, 1.54) is 17.3 Å². The van der Waals surface area contributed by atoms with Crippen LogP contribution in [0.2, 0.25) is 0 Å². The Bertz CT molecular complexity index is 590. The Morgan fingerprint density at radius 2 is 2.05 bits per heavy atom. The van der Waals surface area contributed by atoms with Gasteiger partial charge in [0.2, 0.25) is 0 Å². The van der Waals surface area contributed by atoms with E-state index in [0.717, 1.165) is 10.6 Å². The number of thioether (sulfide) groups is 1. The fraction of sp³-hybridized carbons (Fsp3) is 0.200. The fourth-order valence-corrected chi connectivity index (χ4v) is 2.47. The van der Waals surface area contributed by atoms with E-state index >= 15 is 0 Å². The normalized spacial score (nSPS) is 11.8. The van der Waals surface area contributed by atoms with Crippen molar-refractivity contribution in [1.82, 2.24) is 4.98 Å². The molecule has 0 fully saturated rings. The van der Waals surface area contributed by atoms with Gasteiger partial charge in [-0.2, -0.15) is 5.26 Å². The molecular weight excluding hydrogens is 256 g/mol. The van der Waals surface area contributed by atoms with Gasteiger partial charge < -0.3 is 5.11 Å². The van der Waals surface area contributed by atoms with E-state index in [0.29, 0.717) is 11.3 Å². The number of benzene rings is 1. The molecule has 0 spiro atoms. The summed E-state index contributed by atoms with van der Waals surface area (Å²) in [6, 6.07) is 13.3. The molecule has 1 N–H and O–H groups in total. The molecule has 1 atom stereocenters. The van der Waals surface area contributed by atoms with Crippen LogP contribution in [0, 0.1) is 18.3 Å². The average molecular weight is 270 g/mol. The van der Waals surface area contributed by atoms with Crippen LogP contribution in [0.5, 0.6) is 0 Å². The first-order valence-corrected chi connectivity index (χ1v) is 6.91. The molecule has 0 saturated heterocycles. The van der Waals surface area contributed by atoms with Gasteiger partial charge in [-0.1, -0.05) is 29.8 Å². The zero-order chi connectivity index (χ0) is 13.7. The Morgan fingerprint density at radius 3 is 2.74 bits per heavy atom. The van der Waals surface area contributed by atoms with Crippen molar-refractivity contribution in [2.75, 3.05) is 5.75 Å². The van der Waals surface area contributed by atoms with Crippen LogP contribution in [0.15, 0.2) is 47.6 Å². The van der Waals surface area contributed by atoms with Gasteiger partial charge in [0.1, 0.15) is 0 Å². The van der Waals surface area contributed by atoms with Crippen LogP contribution in [0.3, 0.4) is 0 Å². The van der Waals surface area contributed by atoms with E-state index in [-0.39, 0.29) is 0 Å². The lowest BCUT2D eigenvalue weighted by Gasteiger charge is -2.10. The number of rotatable bonds is 4. The summed E-state index contributed by atoms with van der Waals surface area (Å²) < 4.78 is 0. The average Bonchev–Trinajstić information content (AvgIpc) is 2.46. The maximum absolute atomic E-state index is 10.1. The number of aromatic nitrogens is 1. The standard InChI is InChI=1S/C15H14N2OS/c1-11-2-4-13(5-3-11)14(18)10-19-15-8-12(9-16)6-7-17-15/h2-8,14,18H,10H2,1H3. The highest BCUT2D eigenvalue weighted by atomic mass is 32.2. The number of pyridine rings is 1. The van der Waals surface area contributed by atoms with E-state index in [1.54, 1.807) is 18.3 Å². The van der Waals surface area contributed by atoms with Gasteiger partial charge in [-0.05, 0) is 24.6 Å². The number of aliphatic hydroxyl groups is 1. The Labute approximate surface area is 116 Å². The van der Waals surface area contributed by atoms with Crippen LogP contribution in [-0.2, 0) is 0 Å². The van der Waals surface area contributed by atoms with Gasteiger partial charge in [0.05, 0.1) is 22.8 Å². The SMILES string of the molecule is Cc1ccc(C(O)CSc2cc(C#N)ccn2)cc1. The Balaban J connectivity index is 1.98. The molecule has 2 aromatic rings. The Kier molecular flexibility index (Phi) is 4.56. The first kappa shape index (κ1) is 13.6. The molecule has 4 heteroatoms. The molecule has 1 aromatic heterocycles. The van der Waals surface area contributed by atoms with Crippen LogP contribution < -0.4 is 0 Å². The first-order chi connectivity index (χ1) is 9.19. The molecule has 0 aliphatic heterocycles. The molecule has 1 unspecified atom stereocenters. The van der Waals surface area contributed by atoms with E-state index < -0.39 is 6.10 Å². The van der Waals surface area contributed by atoms with Crippen LogP contribution in [0.1, 0.15) is 22.8 Å². The van der Waals surface area contributed by atoms with Gasteiger partial charge in [-0.15, -0.1) is 11.8 Å². The molecule has 96 valence electrons. The smallest absolute Gasteiger partial charge is 0.0993 e. The second kappa shape index (κ2) is 6.37. The summed E-state index contributed by atoms with van der Waals surface area (Å²) in [6.45, 7) is 2.02. The first-order valence-electron chi connectivity index (χ1n) is 5.92. The van der Waals surface area contributed by atoms with Crippen molar-refractivity contribution in [2.45, 2.75) is 18.1 Å². The van der Waals surface area contributed by atoms with E-state index in [4.69, 9.17) is 5.26 Å². The summed E-state index contributed by atoms with van der Waals surface area (Å²) in [5.41, 5.74) is 2.66. The summed E-state index contributed by atoms with van der Waals surface area (Å²) in [5.74, 6) is 0.519. The van der Waals surface area contributed by atoms with Crippen LogP contribution >= 0.6 is 11.8 Å². The second-order valence-corrected chi connectivity index (χ2v) is 5.27. The molecular formula is C15H14N2OS. The van der Waals surface area contributed by atoms with E-state index in [9.17, 15) is 5.11 Å². The number of nitrogens with zero attached hydrogens (tertiary/aromatic N) is 2. The highest BCUT2D eigenvalue weighted by molar-refractivity contribution is 7.99. The highest BCUT2D eigenvalue weighted by Crippen LogP contribution is 2.23. The predicted octanol–water partition coefficient (Wildman–Crippen LogP) is 3.09. The van der Waals surface area contributed by atoms with Crippen LogP contribution in [-0.4, -0.2) is 15.8 Å². The summed E-state index contributed by atoms with van der Waals surface area (Å²) in [7, 11) is 0. The topological polar surface area (TPSA) is 56.9 Å². The minimum atomic E-state index is -0.529. The molecule has 19 heavy (non-hydrogen) atoms. The summed E-state index contributed by atoms with van der Waals surface area (Å²) in [4.78, 5) is 4.17. The lowest BCUT2D eigenvalue weighted by Crippen LogP contribution is -2.00. The van der Waals surface area contributed by atoms with Gasteiger partial charge in [0.15, 0.2) is 0 Å². The molecule has 1 heterocycles. The largest absolute Gasteiger partial charge is 0.388 e. The molecule has 2 rings (SSSR count). The molecule has 0 saturated carbocycles. The van der Waals surface area contributed by atoms with E-state index in [1.807, 2.05) is 31.2 Å². The molecule has 0 radical (unpaired) electrons. The highest BCUT2D eigenvalue weighted by Gasteiger charge is 2.08. The zero-order valence-electron chi connectivity index (χ0n) is 10.6. The summed E-state index contributed by atoms with van der Waals surface area (Å²) >= 11 is 1.44. The molecule has 1 aromatic carbocycles. The van der Waals surface area contributed by atoms with Gasteiger partial charge in [-0.25, -0.2) is 4.98 Å². The van der Waals surface area contributed by atoms with Gasteiger partial charge in [0, 0.05) is 11.9 Å².